The van der Waals surface area contributed by atoms with Gasteiger partial charge < -0.3 is 21.5 Å². The zero-order chi connectivity index (χ0) is 11.0. The molecule has 0 saturated carbocycles. The Hall–Kier alpha value is -2.27. The molecule has 0 amide bonds. The second-order valence-corrected chi connectivity index (χ2v) is 3.13. The van der Waals surface area contributed by atoms with Crippen molar-refractivity contribution in [1.82, 2.24) is 6.15 Å². The van der Waals surface area contributed by atoms with Crippen LogP contribution in [0.15, 0.2) is 30.3 Å². The molecular weight excluding hydrogens is 210 g/mol. The predicted octanol–water partition coefficient (Wildman–Crippen LogP) is 1.69. The summed E-state index contributed by atoms with van der Waals surface area (Å²) < 4.78 is 0. The molecule has 0 bridgehead atoms. The van der Waals surface area contributed by atoms with Crippen LogP contribution in [-0.4, -0.2) is 16.2 Å². The maximum Gasteiger partial charge on any atom is 0.335 e. The summed E-state index contributed by atoms with van der Waals surface area (Å²) in [4.78, 5) is 10.9. The summed E-state index contributed by atoms with van der Waals surface area (Å²) in [7, 11) is 0. The summed E-state index contributed by atoms with van der Waals surface area (Å²) in [5.74, 6) is -2.71. The number of carboxylic acids is 1. The van der Waals surface area contributed by atoms with Crippen molar-refractivity contribution in [3.63, 3.8) is 0 Å². The van der Waals surface area contributed by atoms with Gasteiger partial charge in [-0.15, -0.1) is 0 Å². The fourth-order valence-corrected chi connectivity index (χ4v) is 1.53. The number of phenols is 1. The van der Waals surface area contributed by atoms with Crippen LogP contribution in [0.3, 0.4) is 0 Å². The number of phenolic OH excluding ortho intramolecular Hbond substituents is 1. The van der Waals surface area contributed by atoms with Crippen molar-refractivity contribution >= 4 is 16.7 Å². The minimum Gasteiger partial charge on any atom is -0.869 e. The zero-order valence-electron chi connectivity index (χ0n) is 8.60. The van der Waals surface area contributed by atoms with Crippen molar-refractivity contribution in [3.05, 3.63) is 35.9 Å². The number of aromatic hydroxyl groups is 1. The van der Waals surface area contributed by atoms with Crippen molar-refractivity contribution in [3.8, 4) is 11.5 Å². The van der Waals surface area contributed by atoms with E-state index in [1.165, 1.54) is 6.07 Å². The molecule has 0 aliphatic rings. The van der Waals surface area contributed by atoms with Gasteiger partial charge in [0.25, 0.3) is 0 Å². The Kier molecular flexibility index (Phi) is 3.01. The molecule has 0 fully saturated rings. The molecule has 6 N–H and O–H groups in total. The quantitative estimate of drug-likeness (QED) is 0.679. The van der Waals surface area contributed by atoms with E-state index < -0.39 is 17.5 Å². The molecule has 0 unspecified atom stereocenters. The molecule has 0 aromatic heterocycles. The van der Waals surface area contributed by atoms with Crippen LogP contribution >= 0.6 is 0 Å². The smallest absolute Gasteiger partial charge is 0.335 e. The van der Waals surface area contributed by atoms with Gasteiger partial charge >= 0.3 is 5.97 Å². The highest BCUT2D eigenvalue weighted by Crippen LogP contribution is 2.33. The first-order chi connectivity index (χ1) is 7.11. The van der Waals surface area contributed by atoms with E-state index in [4.69, 9.17) is 5.11 Å². The highest BCUT2D eigenvalue weighted by Gasteiger charge is 2.11. The zero-order valence-corrected chi connectivity index (χ0v) is 8.60. The lowest BCUT2D eigenvalue weighted by Gasteiger charge is -2.14. The van der Waals surface area contributed by atoms with Crippen LogP contribution in [0.25, 0.3) is 10.8 Å². The van der Waals surface area contributed by atoms with Gasteiger partial charge in [0, 0.05) is 0 Å². The molecule has 0 saturated heterocycles. The van der Waals surface area contributed by atoms with Crippen molar-refractivity contribution in [2.75, 3.05) is 0 Å². The minimum absolute atomic E-state index is 0. The van der Waals surface area contributed by atoms with Crippen molar-refractivity contribution < 1.29 is 20.1 Å². The van der Waals surface area contributed by atoms with Gasteiger partial charge in [-0.05, 0) is 16.8 Å². The van der Waals surface area contributed by atoms with Gasteiger partial charge in [0.2, 0.25) is 0 Å². The van der Waals surface area contributed by atoms with Crippen LogP contribution in [0.1, 0.15) is 10.4 Å². The Bertz CT molecular complexity index is 551. The summed E-state index contributed by atoms with van der Waals surface area (Å²) in [6.07, 6.45) is 0. The van der Waals surface area contributed by atoms with E-state index in [9.17, 15) is 15.0 Å². The van der Waals surface area contributed by atoms with Crippen LogP contribution < -0.4 is 11.3 Å². The van der Waals surface area contributed by atoms with Crippen molar-refractivity contribution in [1.29, 1.82) is 0 Å². The molecule has 0 aliphatic carbocycles. The third-order valence-corrected chi connectivity index (χ3v) is 2.20. The van der Waals surface area contributed by atoms with Crippen LogP contribution in [0.4, 0.5) is 0 Å². The third kappa shape index (κ3) is 1.64. The lowest BCUT2D eigenvalue weighted by atomic mass is 10.0. The molecule has 16 heavy (non-hydrogen) atoms. The molecule has 0 aliphatic heterocycles. The first-order valence-corrected chi connectivity index (χ1v) is 4.26. The summed E-state index contributed by atoms with van der Waals surface area (Å²) in [6, 6.07) is 7.80. The Morgan fingerprint density at radius 1 is 1.25 bits per heavy atom. The van der Waals surface area contributed by atoms with Crippen LogP contribution in [-0.2, 0) is 0 Å². The van der Waals surface area contributed by atoms with E-state index in [-0.39, 0.29) is 11.7 Å². The highest BCUT2D eigenvalue weighted by atomic mass is 16.4. The number of quaternary nitrogens is 1. The number of hydrogen-bond acceptors (Lipinski definition) is 3. The molecule has 2 aromatic carbocycles. The number of aromatic carboxylic acids is 1. The van der Waals surface area contributed by atoms with Gasteiger partial charge in [-0.3, -0.25) is 0 Å². The van der Waals surface area contributed by atoms with E-state index in [0.717, 1.165) is 0 Å². The fourth-order valence-electron chi connectivity index (χ4n) is 1.53. The second kappa shape index (κ2) is 4.08. The third-order valence-electron chi connectivity index (χ3n) is 2.20. The van der Waals surface area contributed by atoms with E-state index in [1.54, 1.807) is 24.3 Å². The minimum atomic E-state index is -1.33. The highest BCUT2D eigenvalue weighted by molar-refractivity contribution is 6.07. The molecule has 5 heteroatoms. The Morgan fingerprint density at radius 2 is 1.88 bits per heavy atom. The molecule has 0 radical (unpaired) electrons. The summed E-state index contributed by atoms with van der Waals surface area (Å²) >= 11 is 0. The van der Waals surface area contributed by atoms with Crippen molar-refractivity contribution in [2.45, 2.75) is 0 Å². The first kappa shape index (κ1) is 11.8. The number of benzene rings is 2. The molecule has 2 aromatic rings. The summed E-state index contributed by atoms with van der Waals surface area (Å²) in [5.41, 5.74) is -0.384. The maximum atomic E-state index is 11.4. The molecular formula is C11H11NO4. The van der Waals surface area contributed by atoms with Gasteiger partial charge in [-0.1, -0.05) is 30.0 Å². The first-order valence-electron chi connectivity index (χ1n) is 4.26. The van der Waals surface area contributed by atoms with Gasteiger partial charge in [0.15, 0.2) is 0 Å². The van der Waals surface area contributed by atoms with Gasteiger partial charge in [0.1, 0.15) is 5.75 Å². The number of carboxylic acid groups (broad SMARTS) is 1. The normalized spacial score (nSPS) is 9.75. The fraction of sp³-hybridized carbons (Fsp3) is 0. The molecule has 2 rings (SSSR count). The van der Waals surface area contributed by atoms with Gasteiger partial charge in [-0.2, -0.15) is 0 Å². The van der Waals surface area contributed by atoms with Crippen LogP contribution in [0, 0.1) is 0 Å². The Labute approximate surface area is 91.2 Å². The van der Waals surface area contributed by atoms with E-state index in [1.807, 2.05) is 0 Å². The van der Waals surface area contributed by atoms with Crippen LogP contribution in [0.5, 0.6) is 11.5 Å². The number of hydrogen-bond donors (Lipinski definition) is 3. The molecule has 5 nitrogen and oxygen atoms in total. The Morgan fingerprint density at radius 3 is 2.50 bits per heavy atom. The average Bonchev–Trinajstić information content (AvgIpc) is 2.19. The van der Waals surface area contributed by atoms with Gasteiger partial charge in [-0.25, -0.2) is 4.79 Å². The number of fused-ring (bicyclic) bond motifs is 1. The standard InChI is InChI=1S/C11H8O4.H3N/c12-8-5-6-3-1-2-4-7(6)9(10(8)13)11(14)15;/h1-5,12-13H,(H,14,15);1H3. The topological polar surface area (TPSA) is 117 Å². The lowest BCUT2D eigenvalue weighted by molar-refractivity contribution is -0.270. The average molecular weight is 221 g/mol. The van der Waals surface area contributed by atoms with E-state index in [2.05, 4.69) is 0 Å². The Balaban J connectivity index is 0.00000128. The van der Waals surface area contributed by atoms with Crippen molar-refractivity contribution in [2.24, 2.45) is 0 Å². The second-order valence-electron chi connectivity index (χ2n) is 3.13. The summed E-state index contributed by atoms with van der Waals surface area (Å²) in [5, 5.41) is 30.4. The monoisotopic (exact) mass is 221 g/mol. The molecule has 0 atom stereocenters. The number of rotatable bonds is 1. The number of carbonyl (C=O) groups is 1. The summed E-state index contributed by atoms with van der Waals surface area (Å²) in [6.45, 7) is 0. The molecule has 0 heterocycles. The predicted molar refractivity (Wildman–Crippen MR) is 58.0 cm³/mol. The molecule has 0 spiro atoms. The lowest BCUT2D eigenvalue weighted by Crippen LogP contribution is -2.05. The molecule has 84 valence electrons. The largest absolute Gasteiger partial charge is 0.869 e. The maximum absolute atomic E-state index is 11.4. The SMILES string of the molecule is O=C(O)c1c([O-])c(O)cc2ccccc12.[NH4+]. The van der Waals surface area contributed by atoms with E-state index >= 15 is 0 Å². The van der Waals surface area contributed by atoms with E-state index in [0.29, 0.717) is 10.8 Å². The van der Waals surface area contributed by atoms with Crippen LogP contribution in [0.2, 0.25) is 0 Å². The van der Waals surface area contributed by atoms with Gasteiger partial charge in [0.05, 0.1) is 5.56 Å².